The molecule has 6 nitrogen and oxygen atoms in total. The van der Waals surface area contributed by atoms with Crippen molar-refractivity contribution < 1.29 is 24.5 Å². The molecule has 0 saturated heterocycles. The average Bonchev–Trinajstić information content (AvgIpc) is 3.10. The summed E-state index contributed by atoms with van der Waals surface area (Å²) in [7, 11) is 0. The summed E-state index contributed by atoms with van der Waals surface area (Å²) in [6, 6.07) is -0.728. The highest BCUT2D eigenvalue weighted by Crippen LogP contribution is 2.15. The average molecular weight is 704 g/mol. The van der Waals surface area contributed by atoms with E-state index in [4.69, 9.17) is 4.74 Å². The van der Waals surface area contributed by atoms with Crippen LogP contribution in [0.5, 0.6) is 0 Å². The zero-order valence-corrected chi connectivity index (χ0v) is 33.0. The van der Waals surface area contributed by atoms with Gasteiger partial charge in [-0.1, -0.05) is 173 Å². The van der Waals surface area contributed by atoms with E-state index in [0.717, 1.165) is 64.2 Å². The molecule has 0 heterocycles. The van der Waals surface area contributed by atoms with E-state index in [1.165, 1.54) is 103 Å². The lowest BCUT2D eigenvalue weighted by Crippen LogP contribution is -2.46. The normalized spacial score (nSPS) is 13.8. The standard InChI is InChI=1S/C44H81NO5/c1-4-7-10-13-16-19-22-23-26-29-32-35-40(50-44(49)37-34-31-28-25-21-18-15-12-9-6-3)38-43(48)45-41(39-46)42(47)36-33-30-27-24-20-17-14-11-8-5-2/h12,15,23,26,32,35,40-42,46-47H,4-11,13-14,16-22,24-25,27-31,33-34,36-39H2,1-3H3,(H,45,48)/b15-12-,26-23-,35-32+. The highest BCUT2D eigenvalue weighted by atomic mass is 16.5. The largest absolute Gasteiger partial charge is 0.458 e. The fourth-order valence-electron chi connectivity index (χ4n) is 6.16. The van der Waals surface area contributed by atoms with E-state index in [-0.39, 0.29) is 24.9 Å². The van der Waals surface area contributed by atoms with Crippen LogP contribution in [0.1, 0.15) is 207 Å². The number of aliphatic hydroxyl groups excluding tert-OH is 2. The second-order valence-corrected chi connectivity index (χ2v) is 14.4. The Morgan fingerprint density at radius 3 is 1.66 bits per heavy atom. The van der Waals surface area contributed by atoms with Crippen LogP contribution in [0.2, 0.25) is 0 Å². The Kier molecular flexibility index (Phi) is 36.8. The van der Waals surface area contributed by atoms with Crippen molar-refractivity contribution in [3.05, 3.63) is 36.5 Å². The van der Waals surface area contributed by atoms with Crippen molar-refractivity contribution in [2.75, 3.05) is 6.61 Å². The van der Waals surface area contributed by atoms with E-state index in [0.29, 0.717) is 12.8 Å². The molecule has 0 aliphatic rings. The van der Waals surface area contributed by atoms with Gasteiger partial charge in [0.15, 0.2) is 0 Å². The second kappa shape index (κ2) is 38.3. The maximum absolute atomic E-state index is 13.0. The fourth-order valence-corrected chi connectivity index (χ4v) is 6.16. The maximum atomic E-state index is 13.0. The highest BCUT2D eigenvalue weighted by molar-refractivity contribution is 5.78. The molecule has 0 radical (unpaired) electrons. The van der Waals surface area contributed by atoms with Gasteiger partial charge in [0.25, 0.3) is 0 Å². The van der Waals surface area contributed by atoms with Crippen LogP contribution < -0.4 is 5.32 Å². The zero-order valence-electron chi connectivity index (χ0n) is 33.0. The van der Waals surface area contributed by atoms with E-state index in [9.17, 15) is 19.8 Å². The lowest BCUT2D eigenvalue weighted by molar-refractivity contribution is -0.148. The van der Waals surface area contributed by atoms with Gasteiger partial charge in [0.05, 0.1) is 25.2 Å². The van der Waals surface area contributed by atoms with Gasteiger partial charge in [-0.2, -0.15) is 0 Å². The SMILES string of the molecule is CCC/C=C\CCCCCCCC(=O)OC(/C=C/C/C=C\CCCCCCCC)CC(=O)NC(CO)C(O)CCCCCCCCCCCC. The third kappa shape index (κ3) is 33.2. The fraction of sp³-hybridized carbons (Fsp3) is 0.818. The van der Waals surface area contributed by atoms with Gasteiger partial charge < -0.3 is 20.3 Å². The lowest BCUT2D eigenvalue weighted by atomic mass is 10.0. The van der Waals surface area contributed by atoms with Crippen LogP contribution in [0.25, 0.3) is 0 Å². The summed E-state index contributed by atoms with van der Waals surface area (Å²) >= 11 is 0. The molecule has 0 saturated carbocycles. The molecule has 0 spiro atoms. The Bertz CT molecular complexity index is 838. The summed E-state index contributed by atoms with van der Waals surface area (Å²) in [5, 5.41) is 23.5. The van der Waals surface area contributed by atoms with Gasteiger partial charge in [-0.25, -0.2) is 0 Å². The van der Waals surface area contributed by atoms with Gasteiger partial charge >= 0.3 is 5.97 Å². The molecule has 0 bridgehead atoms. The number of carbonyl (C=O) groups is 2. The molecule has 0 aliphatic heterocycles. The first-order valence-electron chi connectivity index (χ1n) is 21.2. The van der Waals surface area contributed by atoms with Gasteiger partial charge in [0.1, 0.15) is 6.10 Å². The van der Waals surface area contributed by atoms with Gasteiger partial charge in [-0.3, -0.25) is 9.59 Å². The van der Waals surface area contributed by atoms with Crippen LogP contribution in [0.4, 0.5) is 0 Å². The van der Waals surface area contributed by atoms with Crippen molar-refractivity contribution >= 4 is 11.9 Å². The second-order valence-electron chi connectivity index (χ2n) is 14.4. The summed E-state index contributed by atoms with van der Waals surface area (Å²) in [5.41, 5.74) is 0. The number of nitrogens with one attached hydrogen (secondary N) is 1. The number of aliphatic hydroxyl groups is 2. The van der Waals surface area contributed by atoms with E-state index in [1.54, 1.807) is 0 Å². The molecule has 0 aromatic rings. The molecular weight excluding hydrogens is 622 g/mol. The molecule has 3 unspecified atom stereocenters. The molecule has 50 heavy (non-hydrogen) atoms. The van der Waals surface area contributed by atoms with Gasteiger partial charge in [0.2, 0.25) is 5.91 Å². The number of hydrogen-bond donors (Lipinski definition) is 3. The predicted molar refractivity (Wildman–Crippen MR) is 213 cm³/mol. The van der Waals surface area contributed by atoms with Crippen LogP contribution in [0.3, 0.4) is 0 Å². The van der Waals surface area contributed by atoms with Gasteiger partial charge in [-0.15, -0.1) is 0 Å². The number of hydrogen-bond acceptors (Lipinski definition) is 5. The number of unbranched alkanes of at least 4 members (excludes halogenated alkanes) is 21. The number of esters is 1. The third-order valence-corrected chi connectivity index (χ3v) is 9.42. The van der Waals surface area contributed by atoms with Crippen LogP contribution in [-0.4, -0.2) is 46.9 Å². The molecule has 0 aliphatic carbocycles. The van der Waals surface area contributed by atoms with E-state index in [1.807, 2.05) is 12.2 Å². The van der Waals surface area contributed by atoms with Crippen molar-refractivity contribution in [3.8, 4) is 0 Å². The Morgan fingerprint density at radius 2 is 1.10 bits per heavy atom. The molecule has 6 heteroatoms. The number of allylic oxidation sites excluding steroid dienone is 5. The Balaban J connectivity index is 4.72. The molecule has 292 valence electrons. The lowest BCUT2D eigenvalue weighted by Gasteiger charge is -2.23. The Labute approximate surface area is 309 Å². The molecule has 0 aromatic heterocycles. The van der Waals surface area contributed by atoms with E-state index >= 15 is 0 Å². The minimum atomic E-state index is -0.807. The van der Waals surface area contributed by atoms with Crippen molar-refractivity contribution in [2.24, 2.45) is 0 Å². The van der Waals surface area contributed by atoms with Gasteiger partial charge in [0, 0.05) is 6.42 Å². The molecule has 3 N–H and O–H groups in total. The van der Waals surface area contributed by atoms with Gasteiger partial charge in [-0.05, 0) is 57.4 Å². The maximum Gasteiger partial charge on any atom is 0.306 e. The summed E-state index contributed by atoms with van der Waals surface area (Å²) in [6.45, 7) is 6.34. The number of carbonyl (C=O) groups excluding carboxylic acids is 2. The van der Waals surface area contributed by atoms with Crippen molar-refractivity contribution in [2.45, 2.75) is 225 Å². The van der Waals surface area contributed by atoms with Crippen molar-refractivity contribution in [1.29, 1.82) is 0 Å². The Hall–Kier alpha value is -1.92. The first kappa shape index (κ1) is 48.1. The monoisotopic (exact) mass is 704 g/mol. The molecular formula is C44H81NO5. The summed E-state index contributed by atoms with van der Waals surface area (Å²) in [6.07, 6.45) is 42.4. The number of rotatable bonds is 37. The third-order valence-electron chi connectivity index (χ3n) is 9.42. The smallest absolute Gasteiger partial charge is 0.306 e. The van der Waals surface area contributed by atoms with Crippen LogP contribution in [0.15, 0.2) is 36.5 Å². The first-order valence-corrected chi connectivity index (χ1v) is 21.2. The summed E-state index contributed by atoms with van der Waals surface area (Å²) in [4.78, 5) is 25.8. The quantitative estimate of drug-likeness (QED) is 0.0340. The minimum Gasteiger partial charge on any atom is -0.458 e. The van der Waals surface area contributed by atoms with Crippen molar-refractivity contribution in [1.82, 2.24) is 5.32 Å². The van der Waals surface area contributed by atoms with Crippen LogP contribution >= 0.6 is 0 Å². The highest BCUT2D eigenvalue weighted by Gasteiger charge is 2.23. The summed E-state index contributed by atoms with van der Waals surface area (Å²) < 4.78 is 5.77. The van der Waals surface area contributed by atoms with E-state index < -0.39 is 18.2 Å². The zero-order chi connectivity index (χ0) is 36.8. The Morgan fingerprint density at radius 1 is 0.600 bits per heavy atom. The minimum absolute atomic E-state index is 0.0310. The molecule has 0 aromatic carbocycles. The predicted octanol–water partition coefficient (Wildman–Crippen LogP) is 11.8. The molecule has 0 rings (SSSR count). The molecule has 0 fully saturated rings. The number of ether oxygens (including phenoxy) is 1. The van der Waals surface area contributed by atoms with Crippen molar-refractivity contribution in [3.63, 3.8) is 0 Å². The van der Waals surface area contributed by atoms with E-state index in [2.05, 4.69) is 50.4 Å². The number of amides is 1. The summed E-state index contributed by atoms with van der Waals surface area (Å²) in [5.74, 6) is -0.617. The van der Waals surface area contributed by atoms with Crippen LogP contribution in [-0.2, 0) is 14.3 Å². The van der Waals surface area contributed by atoms with Crippen LogP contribution in [0, 0.1) is 0 Å². The molecule has 3 atom stereocenters. The topological polar surface area (TPSA) is 95.9 Å². The molecule has 1 amide bonds. The first-order chi connectivity index (χ1) is 24.5.